The Balaban J connectivity index is 2.13. The van der Waals surface area contributed by atoms with Crippen molar-refractivity contribution in [2.24, 2.45) is 0 Å². The molecule has 0 radical (unpaired) electrons. The van der Waals surface area contributed by atoms with Crippen molar-refractivity contribution in [3.63, 3.8) is 0 Å². The summed E-state index contributed by atoms with van der Waals surface area (Å²) >= 11 is 0. The highest BCUT2D eigenvalue weighted by molar-refractivity contribution is 6.02. The number of amides is 1. The number of rotatable bonds is 6. The molecule has 5 heteroatoms. The quantitative estimate of drug-likeness (QED) is 0.823. The van der Waals surface area contributed by atoms with Crippen LogP contribution in [0.2, 0.25) is 0 Å². The smallest absolute Gasteiger partial charge is 0.248 e. The van der Waals surface area contributed by atoms with Gasteiger partial charge in [-0.1, -0.05) is 12.1 Å². The van der Waals surface area contributed by atoms with Gasteiger partial charge in [0, 0.05) is 17.8 Å². The van der Waals surface area contributed by atoms with E-state index in [1.807, 2.05) is 37.3 Å². The molecule has 0 fully saturated rings. The summed E-state index contributed by atoms with van der Waals surface area (Å²) in [6.45, 7) is 1.89. The normalized spacial score (nSPS) is 10.5. The molecule has 0 aliphatic rings. The third kappa shape index (κ3) is 4.29. The van der Waals surface area contributed by atoms with Gasteiger partial charge >= 0.3 is 0 Å². The zero-order valence-corrected chi connectivity index (χ0v) is 14.3. The van der Waals surface area contributed by atoms with Crippen LogP contribution < -0.4 is 19.5 Å². The Hall–Kier alpha value is -2.95. The summed E-state index contributed by atoms with van der Waals surface area (Å²) in [5.74, 6) is 1.71. The first-order chi connectivity index (χ1) is 11.6. The molecule has 1 amide bonds. The average molecular weight is 327 g/mol. The van der Waals surface area contributed by atoms with Crippen LogP contribution in [0.1, 0.15) is 11.1 Å². The van der Waals surface area contributed by atoms with E-state index in [0.29, 0.717) is 17.2 Å². The van der Waals surface area contributed by atoms with Crippen LogP contribution >= 0.6 is 0 Å². The van der Waals surface area contributed by atoms with Crippen molar-refractivity contribution in [3.05, 3.63) is 53.6 Å². The van der Waals surface area contributed by atoms with E-state index < -0.39 is 0 Å². The van der Waals surface area contributed by atoms with Crippen LogP contribution in [0.25, 0.3) is 6.08 Å². The maximum absolute atomic E-state index is 12.1. The van der Waals surface area contributed by atoms with Gasteiger partial charge in [0.2, 0.25) is 5.91 Å². The number of carbonyl (C=O) groups excluding carboxylic acids is 1. The summed E-state index contributed by atoms with van der Waals surface area (Å²) in [4.78, 5) is 12.1. The molecule has 0 atom stereocenters. The van der Waals surface area contributed by atoms with Crippen LogP contribution in [-0.2, 0) is 4.79 Å². The molecule has 1 N–H and O–H groups in total. The number of benzene rings is 2. The Morgan fingerprint density at radius 3 is 2.38 bits per heavy atom. The van der Waals surface area contributed by atoms with E-state index in [-0.39, 0.29) is 5.91 Å². The number of ether oxygens (including phenoxy) is 3. The van der Waals surface area contributed by atoms with Gasteiger partial charge < -0.3 is 19.5 Å². The molecule has 2 rings (SSSR count). The van der Waals surface area contributed by atoms with E-state index in [4.69, 9.17) is 14.2 Å². The van der Waals surface area contributed by atoms with E-state index in [1.54, 1.807) is 33.5 Å². The SMILES string of the molecule is COc1cccc(/C=C/C(=O)Nc2cc(OC)c(OC)cc2C)c1. The number of carbonyl (C=O) groups is 1. The lowest BCUT2D eigenvalue weighted by molar-refractivity contribution is -0.111. The minimum atomic E-state index is -0.229. The van der Waals surface area contributed by atoms with Crippen molar-refractivity contribution in [3.8, 4) is 17.2 Å². The van der Waals surface area contributed by atoms with Crippen LogP contribution in [0.4, 0.5) is 5.69 Å². The molecule has 0 unspecified atom stereocenters. The van der Waals surface area contributed by atoms with Gasteiger partial charge in [-0.25, -0.2) is 0 Å². The number of hydrogen-bond acceptors (Lipinski definition) is 4. The molecule has 0 saturated carbocycles. The van der Waals surface area contributed by atoms with Crippen LogP contribution in [-0.4, -0.2) is 27.2 Å². The van der Waals surface area contributed by atoms with E-state index in [2.05, 4.69) is 5.32 Å². The summed E-state index contributed by atoms with van der Waals surface area (Å²) in [6.07, 6.45) is 3.21. The predicted octanol–water partition coefficient (Wildman–Crippen LogP) is 3.67. The third-order valence-corrected chi connectivity index (χ3v) is 3.51. The van der Waals surface area contributed by atoms with Crippen LogP contribution in [0.3, 0.4) is 0 Å². The molecule has 0 aromatic heterocycles. The largest absolute Gasteiger partial charge is 0.497 e. The number of anilines is 1. The molecule has 5 nitrogen and oxygen atoms in total. The molecular weight excluding hydrogens is 306 g/mol. The van der Waals surface area contributed by atoms with Gasteiger partial charge in [-0.3, -0.25) is 4.79 Å². The summed E-state index contributed by atoms with van der Waals surface area (Å²) < 4.78 is 15.7. The molecule has 126 valence electrons. The zero-order valence-electron chi connectivity index (χ0n) is 14.3. The first-order valence-electron chi connectivity index (χ1n) is 7.43. The minimum Gasteiger partial charge on any atom is -0.497 e. The van der Waals surface area contributed by atoms with E-state index in [9.17, 15) is 4.79 Å². The summed E-state index contributed by atoms with van der Waals surface area (Å²) in [5.41, 5.74) is 2.44. The molecule has 0 aliphatic carbocycles. The topological polar surface area (TPSA) is 56.8 Å². The molecule has 24 heavy (non-hydrogen) atoms. The van der Waals surface area contributed by atoms with Gasteiger partial charge in [0.25, 0.3) is 0 Å². The first-order valence-corrected chi connectivity index (χ1v) is 7.43. The monoisotopic (exact) mass is 327 g/mol. The van der Waals surface area contributed by atoms with E-state index in [0.717, 1.165) is 16.9 Å². The number of hydrogen-bond donors (Lipinski definition) is 1. The highest BCUT2D eigenvalue weighted by Crippen LogP contribution is 2.32. The first kappa shape index (κ1) is 17.4. The summed E-state index contributed by atoms with van der Waals surface area (Å²) in [6, 6.07) is 11.0. The maximum atomic E-state index is 12.1. The number of nitrogens with one attached hydrogen (secondary N) is 1. The van der Waals surface area contributed by atoms with Gasteiger partial charge in [-0.05, 0) is 42.3 Å². The van der Waals surface area contributed by atoms with Gasteiger partial charge in [0.05, 0.1) is 21.3 Å². The lowest BCUT2D eigenvalue weighted by atomic mass is 10.1. The van der Waals surface area contributed by atoms with Crippen molar-refractivity contribution in [1.82, 2.24) is 0 Å². The van der Waals surface area contributed by atoms with Crippen molar-refractivity contribution in [2.45, 2.75) is 6.92 Å². The Labute approximate surface area is 141 Å². The molecule has 0 saturated heterocycles. The number of aryl methyl sites for hydroxylation is 1. The lowest BCUT2D eigenvalue weighted by Gasteiger charge is -2.12. The Morgan fingerprint density at radius 2 is 1.71 bits per heavy atom. The van der Waals surface area contributed by atoms with Gasteiger partial charge in [-0.15, -0.1) is 0 Å². The Kier molecular flexibility index (Phi) is 5.84. The fourth-order valence-electron chi connectivity index (χ4n) is 2.21. The Bertz CT molecular complexity index is 753. The fourth-order valence-corrected chi connectivity index (χ4v) is 2.21. The average Bonchev–Trinajstić information content (AvgIpc) is 2.61. The highest BCUT2D eigenvalue weighted by atomic mass is 16.5. The second-order valence-electron chi connectivity index (χ2n) is 5.12. The molecule has 2 aromatic rings. The van der Waals surface area contributed by atoms with Gasteiger partial charge in [0.15, 0.2) is 11.5 Å². The van der Waals surface area contributed by atoms with Crippen molar-refractivity contribution < 1.29 is 19.0 Å². The van der Waals surface area contributed by atoms with Crippen molar-refractivity contribution in [1.29, 1.82) is 0 Å². The van der Waals surface area contributed by atoms with Crippen molar-refractivity contribution >= 4 is 17.7 Å². The minimum absolute atomic E-state index is 0.229. The third-order valence-electron chi connectivity index (χ3n) is 3.51. The van der Waals surface area contributed by atoms with Crippen LogP contribution in [0.15, 0.2) is 42.5 Å². The highest BCUT2D eigenvalue weighted by Gasteiger charge is 2.09. The summed E-state index contributed by atoms with van der Waals surface area (Å²) in [7, 11) is 4.74. The van der Waals surface area contributed by atoms with Gasteiger partial charge in [-0.2, -0.15) is 0 Å². The van der Waals surface area contributed by atoms with Crippen molar-refractivity contribution in [2.75, 3.05) is 26.6 Å². The Morgan fingerprint density at radius 1 is 1.00 bits per heavy atom. The van der Waals surface area contributed by atoms with E-state index in [1.165, 1.54) is 6.08 Å². The molecule has 0 spiro atoms. The predicted molar refractivity (Wildman–Crippen MR) is 94.9 cm³/mol. The molecule has 0 aliphatic heterocycles. The van der Waals surface area contributed by atoms with Gasteiger partial charge in [0.1, 0.15) is 5.75 Å². The fraction of sp³-hybridized carbons (Fsp3) is 0.211. The molecule has 0 heterocycles. The second-order valence-corrected chi connectivity index (χ2v) is 5.12. The van der Waals surface area contributed by atoms with Crippen LogP contribution in [0.5, 0.6) is 17.2 Å². The molecular formula is C19H21NO4. The summed E-state index contributed by atoms with van der Waals surface area (Å²) in [5, 5.41) is 2.84. The molecule has 0 bridgehead atoms. The van der Waals surface area contributed by atoms with E-state index >= 15 is 0 Å². The molecule has 2 aromatic carbocycles. The van der Waals surface area contributed by atoms with Crippen LogP contribution in [0, 0.1) is 6.92 Å². The second kappa shape index (κ2) is 8.06. The zero-order chi connectivity index (χ0) is 17.5. The lowest BCUT2D eigenvalue weighted by Crippen LogP contribution is -2.09. The number of methoxy groups -OCH3 is 3. The standard InChI is InChI=1S/C19H21NO4/c1-13-10-17(23-3)18(24-4)12-16(13)20-19(21)9-8-14-6-5-7-15(11-14)22-2/h5-12H,1-4H3,(H,20,21)/b9-8+. The maximum Gasteiger partial charge on any atom is 0.248 e.